The average Bonchev–Trinajstić information content (AvgIpc) is 3.19. The summed E-state index contributed by atoms with van der Waals surface area (Å²) >= 11 is 5.76. The molecule has 9 heteroatoms. The van der Waals surface area contributed by atoms with Gasteiger partial charge < -0.3 is 19.7 Å². The van der Waals surface area contributed by atoms with E-state index in [-0.39, 0.29) is 24.8 Å². The predicted octanol–water partition coefficient (Wildman–Crippen LogP) is 4.48. The lowest BCUT2D eigenvalue weighted by Gasteiger charge is -2.24. The highest BCUT2D eigenvalue weighted by Gasteiger charge is 2.42. The molecule has 1 N–H and O–H groups in total. The number of esters is 1. The van der Waals surface area contributed by atoms with Crippen LogP contribution in [0.15, 0.2) is 78.9 Å². The third-order valence-electron chi connectivity index (χ3n) is 6.73. The van der Waals surface area contributed by atoms with Crippen molar-refractivity contribution in [3.8, 4) is 5.75 Å². The SMILES string of the molecule is CCOC(=O)c1ccc(NC(=O)CC2C(=O)N(CCc3ccccc3)C(=S)N2CCc2ccc(OC)cc2)cc1. The zero-order valence-corrected chi connectivity index (χ0v) is 23.5. The number of hydrogen-bond acceptors (Lipinski definition) is 6. The normalized spacial score (nSPS) is 14.8. The van der Waals surface area contributed by atoms with E-state index in [9.17, 15) is 14.4 Å². The van der Waals surface area contributed by atoms with Gasteiger partial charge in [-0.05, 0) is 79.5 Å². The number of amides is 2. The molecule has 0 spiro atoms. The number of ether oxygens (including phenoxy) is 2. The first-order chi connectivity index (χ1) is 19.4. The van der Waals surface area contributed by atoms with Crippen LogP contribution in [0.4, 0.5) is 5.69 Å². The fourth-order valence-electron chi connectivity index (χ4n) is 4.57. The zero-order valence-electron chi connectivity index (χ0n) is 22.7. The van der Waals surface area contributed by atoms with E-state index < -0.39 is 12.0 Å². The Morgan fingerprint density at radius 1 is 0.900 bits per heavy atom. The standard InChI is InChI=1S/C31H33N3O5S/c1-3-39-30(37)24-11-13-25(14-12-24)32-28(35)21-27-29(36)34(20-18-22-7-5-4-6-8-22)31(40)33(27)19-17-23-9-15-26(38-2)16-10-23/h4-16,27H,3,17-21H2,1-2H3,(H,32,35). The minimum absolute atomic E-state index is 0.0525. The molecule has 0 saturated carbocycles. The van der Waals surface area contributed by atoms with Gasteiger partial charge in [0.15, 0.2) is 5.11 Å². The number of anilines is 1. The Labute approximate surface area is 239 Å². The molecule has 3 aromatic carbocycles. The van der Waals surface area contributed by atoms with Gasteiger partial charge in [0, 0.05) is 18.8 Å². The summed E-state index contributed by atoms with van der Waals surface area (Å²) in [4.78, 5) is 42.0. The van der Waals surface area contributed by atoms with Gasteiger partial charge in [-0.15, -0.1) is 0 Å². The molecule has 1 atom stereocenters. The maximum absolute atomic E-state index is 13.6. The second-order valence-electron chi connectivity index (χ2n) is 9.37. The smallest absolute Gasteiger partial charge is 0.338 e. The van der Waals surface area contributed by atoms with E-state index in [0.717, 1.165) is 16.9 Å². The number of hydrogen-bond donors (Lipinski definition) is 1. The van der Waals surface area contributed by atoms with Gasteiger partial charge in [0.25, 0.3) is 5.91 Å². The Bertz CT molecular complexity index is 1330. The minimum Gasteiger partial charge on any atom is -0.497 e. The molecule has 1 unspecified atom stereocenters. The summed E-state index contributed by atoms with van der Waals surface area (Å²) in [5.74, 6) is -0.144. The maximum Gasteiger partial charge on any atom is 0.338 e. The lowest BCUT2D eigenvalue weighted by Crippen LogP contribution is -2.39. The molecule has 0 radical (unpaired) electrons. The number of benzene rings is 3. The molecular formula is C31H33N3O5S. The average molecular weight is 560 g/mol. The quantitative estimate of drug-likeness (QED) is 0.259. The highest BCUT2D eigenvalue weighted by molar-refractivity contribution is 7.80. The number of rotatable bonds is 12. The molecule has 8 nitrogen and oxygen atoms in total. The van der Waals surface area contributed by atoms with Gasteiger partial charge in [-0.3, -0.25) is 14.5 Å². The van der Waals surface area contributed by atoms with E-state index in [1.807, 2.05) is 59.5 Å². The third-order valence-corrected chi connectivity index (χ3v) is 7.18. The second kappa shape index (κ2) is 13.7. The Morgan fingerprint density at radius 2 is 1.55 bits per heavy atom. The van der Waals surface area contributed by atoms with E-state index in [0.29, 0.717) is 42.3 Å². The summed E-state index contributed by atoms with van der Waals surface area (Å²) in [5.41, 5.74) is 3.10. The number of carbonyl (C=O) groups is 3. The molecule has 40 heavy (non-hydrogen) atoms. The van der Waals surface area contributed by atoms with Crippen molar-refractivity contribution in [1.29, 1.82) is 0 Å². The first-order valence-corrected chi connectivity index (χ1v) is 13.7. The van der Waals surface area contributed by atoms with Crippen LogP contribution in [0, 0.1) is 0 Å². The number of nitrogens with zero attached hydrogens (tertiary/aromatic N) is 2. The number of nitrogens with one attached hydrogen (secondary N) is 1. The van der Waals surface area contributed by atoms with Gasteiger partial charge in [-0.1, -0.05) is 42.5 Å². The van der Waals surface area contributed by atoms with Crippen molar-refractivity contribution in [3.05, 3.63) is 95.6 Å². The highest BCUT2D eigenvalue weighted by Crippen LogP contribution is 2.23. The molecule has 4 rings (SSSR count). The minimum atomic E-state index is -0.708. The van der Waals surface area contributed by atoms with Crippen LogP contribution < -0.4 is 10.1 Å². The van der Waals surface area contributed by atoms with Gasteiger partial charge in [0.1, 0.15) is 11.8 Å². The van der Waals surface area contributed by atoms with Crippen molar-refractivity contribution < 1.29 is 23.9 Å². The molecule has 1 heterocycles. The van der Waals surface area contributed by atoms with Gasteiger partial charge >= 0.3 is 5.97 Å². The maximum atomic E-state index is 13.6. The van der Waals surface area contributed by atoms with Crippen molar-refractivity contribution in [2.45, 2.75) is 32.2 Å². The van der Waals surface area contributed by atoms with Crippen LogP contribution >= 0.6 is 12.2 Å². The van der Waals surface area contributed by atoms with E-state index >= 15 is 0 Å². The summed E-state index contributed by atoms with van der Waals surface area (Å²) in [6, 6.07) is 23.4. The Kier molecular flexibility index (Phi) is 9.86. The van der Waals surface area contributed by atoms with Crippen molar-refractivity contribution in [2.75, 3.05) is 32.1 Å². The predicted molar refractivity (Wildman–Crippen MR) is 157 cm³/mol. The number of thiocarbonyl (C=S) groups is 1. The number of carbonyl (C=O) groups excluding carboxylic acids is 3. The van der Waals surface area contributed by atoms with E-state index in [1.54, 1.807) is 43.2 Å². The van der Waals surface area contributed by atoms with Crippen LogP contribution in [0.1, 0.15) is 34.8 Å². The fraction of sp³-hybridized carbons (Fsp3) is 0.290. The summed E-state index contributed by atoms with van der Waals surface area (Å²) in [6.07, 6.45) is 1.26. The fourth-order valence-corrected chi connectivity index (χ4v) is 4.97. The molecule has 1 aliphatic heterocycles. The van der Waals surface area contributed by atoms with Crippen LogP contribution in [-0.4, -0.2) is 65.5 Å². The van der Waals surface area contributed by atoms with Gasteiger partial charge in [-0.2, -0.15) is 0 Å². The molecule has 1 saturated heterocycles. The van der Waals surface area contributed by atoms with E-state index in [2.05, 4.69) is 5.32 Å². The Morgan fingerprint density at radius 3 is 2.20 bits per heavy atom. The van der Waals surface area contributed by atoms with Gasteiger partial charge in [0.2, 0.25) is 5.91 Å². The van der Waals surface area contributed by atoms with Crippen LogP contribution in [0.25, 0.3) is 0 Å². The molecule has 0 aromatic heterocycles. The Balaban J connectivity index is 1.45. The first-order valence-electron chi connectivity index (χ1n) is 13.3. The zero-order chi connectivity index (χ0) is 28.5. The summed E-state index contributed by atoms with van der Waals surface area (Å²) in [5, 5.41) is 3.27. The lowest BCUT2D eigenvalue weighted by atomic mass is 10.1. The third kappa shape index (κ3) is 7.24. The molecular weight excluding hydrogens is 526 g/mol. The highest BCUT2D eigenvalue weighted by atomic mass is 32.1. The second-order valence-corrected chi connectivity index (χ2v) is 9.73. The largest absolute Gasteiger partial charge is 0.497 e. The summed E-state index contributed by atoms with van der Waals surface area (Å²) in [6.45, 7) is 2.95. The molecule has 1 aliphatic rings. The van der Waals surface area contributed by atoms with E-state index in [1.165, 1.54) is 0 Å². The van der Waals surface area contributed by atoms with Crippen LogP contribution in [0.5, 0.6) is 5.75 Å². The first kappa shape index (κ1) is 28.8. The number of methoxy groups -OCH3 is 1. The summed E-state index contributed by atoms with van der Waals surface area (Å²) < 4.78 is 10.2. The van der Waals surface area contributed by atoms with Crippen LogP contribution in [-0.2, 0) is 27.2 Å². The van der Waals surface area contributed by atoms with E-state index in [4.69, 9.17) is 21.7 Å². The van der Waals surface area contributed by atoms with Crippen LogP contribution in [0.2, 0.25) is 0 Å². The molecule has 1 fully saturated rings. The van der Waals surface area contributed by atoms with Crippen molar-refractivity contribution in [2.24, 2.45) is 0 Å². The van der Waals surface area contributed by atoms with Crippen molar-refractivity contribution >= 4 is 40.8 Å². The van der Waals surface area contributed by atoms with Gasteiger partial charge in [-0.25, -0.2) is 4.79 Å². The topological polar surface area (TPSA) is 88.2 Å². The molecule has 0 bridgehead atoms. The summed E-state index contributed by atoms with van der Waals surface area (Å²) in [7, 11) is 1.62. The molecule has 3 aromatic rings. The molecule has 208 valence electrons. The van der Waals surface area contributed by atoms with Crippen molar-refractivity contribution in [3.63, 3.8) is 0 Å². The van der Waals surface area contributed by atoms with Crippen LogP contribution in [0.3, 0.4) is 0 Å². The van der Waals surface area contributed by atoms with Gasteiger partial charge in [0.05, 0.1) is 25.7 Å². The molecule has 0 aliphatic carbocycles. The lowest BCUT2D eigenvalue weighted by molar-refractivity contribution is -0.130. The Hall–Kier alpha value is -4.24. The monoisotopic (exact) mass is 559 g/mol. The van der Waals surface area contributed by atoms with Crippen molar-refractivity contribution in [1.82, 2.24) is 9.80 Å². The molecule has 2 amide bonds.